The third-order valence-electron chi connectivity index (χ3n) is 7.91. The largest absolute Gasteiger partial charge is 0.507 e. The second kappa shape index (κ2) is 12.8. The Hall–Kier alpha value is -3.18. The first-order valence-electron chi connectivity index (χ1n) is 13.3. The minimum absolute atomic E-state index is 0.0809. The number of fused-ring (bicyclic) bond motifs is 3. The molecule has 0 saturated carbocycles. The van der Waals surface area contributed by atoms with E-state index in [0.29, 0.717) is 33.4 Å². The molecule has 0 spiro atoms. The lowest BCUT2D eigenvalue weighted by molar-refractivity contribution is 0.173. The molecule has 0 heterocycles. The van der Waals surface area contributed by atoms with E-state index in [4.69, 9.17) is 28.4 Å². The van der Waals surface area contributed by atoms with E-state index in [1.54, 1.807) is 42.7 Å². The quantitative estimate of drug-likeness (QED) is 0.261. The smallest absolute Gasteiger partial charge is 0.127 e. The number of aromatic hydroxyl groups is 3. The average Bonchev–Trinajstić information content (AvgIpc) is 3.19. The van der Waals surface area contributed by atoms with Gasteiger partial charge in [-0.15, -0.1) is 0 Å². The van der Waals surface area contributed by atoms with Crippen molar-refractivity contribution >= 4 is 0 Å². The molecule has 0 radical (unpaired) electrons. The predicted octanol–water partition coefficient (Wildman–Crippen LogP) is 5.02. The molecule has 3 aromatic carbocycles. The highest BCUT2D eigenvalue weighted by Gasteiger charge is 2.46. The van der Waals surface area contributed by atoms with Gasteiger partial charge in [0.2, 0.25) is 0 Å². The molecule has 1 aliphatic carbocycles. The van der Waals surface area contributed by atoms with Crippen molar-refractivity contribution in [3.05, 3.63) is 74.3 Å². The van der Waals surface area contributed by atoms with Crippen molar-refractivity contribution < 1.29 is 43.7 Å². The molecule has 0 fully saturated rings. The van der Waals surface area contributed by atoms with E-state index in [-0.39, 0.29) is 56.9 Å². The third kappa shape index (κ3) is 5.18. The Kier molecular flexibility index (Phi) is 9.59. The normalized spacial score (nSPS) is 13.4. The van der Waals surface area contributed by atoms with E-state index in [0.717, 1.165) is 27.8 Å². The predicted molar refractivity (Wildman–Crippen MR) is 153 cm³/mol. The fourth-order valence-corrected chi connectivity index (χ4v) is 6.08. The number of hydrogen-bond donors (Lipinski definition) is 3. The van der Waals surface area contributed by atoms with E-state index in [1.165, 1.54) is 0 Å². The molecule has 1 aliphatic rings. The van der Waals surface area contributed by atoms with Crippen molar-refractivity contribution in [2.75, 3.05) is 42.7 Å². The maximum Gasteiger partial charge on any atom is 0.127 e. The first-order chi connectivity index (χ1) is 19.7. The summed E-state index contributed by atoms with van der Waals surface area (Å²) < 4.78 is 33.0. The van der Waals surface area contributed by atoms with Crippen molar-refractivity contribution in [1.29, 1.82) is 0 Å². The highest BCUT2D eigenvalue weighted by molar-refractivity contribution is 5.91. The summed E-state index contributed by atoms with van der Waals surface area (Å²) >= 11 is 0. The minimum Gasteiger partial charge on any atom is -0.507 e. The van der Waals surface area contributed by atoms with Crippen LogP contribution in [0.1, 0.15) is 57.0 Å². The molecule has 0 saturated heterocycles. The number of phenolic OH excluding ortho intramolecular Hbond substituents is 3. The average molecular weight is 569 g/mol. The van der Waals surface area contributed by atoms with Gasteiger partial charge in [-0.3, -0.25) is 0 Å². The number of benzene rings is 3. The molecule has 0 atom stereocenters. The van der Waals surface area contributed by atoms with Crippen LogP contribution in [0.3, 0.4) is 0 Å². The van der Waals surface area contributed by atoms with Crippen LogP contribution in [-0.2, 0) is 73.5 Å². The zero-order valence-electron chi connectivity index (χ0n) is 24.8. The summed E-state index contributed by atoms with van der Waals surface area (Å²) in [4.78, 5) is 0. The Labute approximate surface area is 241 Å². The summed E-state index contributed by atoms with van der Waals surface area (Å²) in [6.45, 7) is 3.14. The van der Waals surface area contributed by atoms with Gasteiger partial charge < -0.3 is 43.7 Å². The van der Waals surface area contributed by atoms with Crippen LogP contribution < -0.4 is 0 Å². The molecule has 3 aromatic rings. The fourth-order valence-electron chi connectivity index (χ4n) is 6.08. The molecule has 41 heavy (non-hydrogen) atoms. The van der Waals surface area contributed by atoms with Crippen LogP contribution in [0.25, 0.3) is 11.1 Å². The monoisotopic (exact) mass is 568 g/mol. The topological polar surface area (TPSA) is 116 Å². The summed E-state index contributed by atoms with van der Waals surface area (Å²) in [5.41, 5.74) is 7.04. The molecule has 222 valence electrons. The van der Waals surface area contributed by atoms with Crippen LogP contribution in [0, 0.1) is 0 Å². The lowest BCUT2D eigenvalue weighted by atomic mass is 9.72. The van der Waals surface area contributed by atoms with Gasteiger partial charge in [0.25, 0.3) is 0 Å². The third-order valence-corrected chi connectivity index (χ3v) is 7.91. The number of phenols is 3. The fraction of sp³-hybridized carbons (Fsp3) is 0.438. The molecule has 4 rings (SSSR count). The molecule has 0 bridgehead atoms. The molecule has 9 heteroatoms. The van der Waals surface area contributed by atoms with Crippen molar-refractivity contribution in [1.82, 2.24) is 0 Å². The number of ether oxygens (including phenoxy) is 6. The van der Waals surface area contributed by atoms with E-state index in [1.807, 2.05) is 24.3 Å². The van der Waals surface area contributed by atoms with Crippen LogP contribution >= 0.6 is 0 Å². The van der Waals surface area contributed by atoms with Gasteiger partial charge in [0.1, 0.15) is 17.2 Å². The zero-order chi connectivity index (χ0) is 29.9. The van der Waals surface area contributed by atoms with Gasteiger partial charge in [-0.2, -0.15) is 0 Å². The summed E-state index contributed by atoms with van der Waals surface area (Å²) in [7, 11) is 9.47. The molecular weight excluding hydrogens is 528 g/mol. The highest BCUT2D eigenvalue weighted by Crippen LogP contribution is 2.59. The van der Waals surface area contributed by atoms with Crippen molar-refractivity contribution in [3.63, 3.8) is 0 Å². The Bertz CT molecular complexity index is 1310. The number of rotatable bonds is 13. The van der Waals surface area contributed by atoms with Crippen molar-refractivity contribution in [2.45, 2.75) is 52.0 Å². The van der Waals surface area contributed by atoms with Gasteiger partial charge in [-0.1, -0.05) is 0 Å². The highest BCUT2D eigenvalue weighted by atomic mass is 16.5. The first-order valence-corrected chi connectivity index (χ1v) is 13.3. The van der Waals surface area contributed by atoms with Crippen LogP contribution in [0.5, 0.6) is 17.2 Å². The molecular formula is C32H40O9. The minimum atomic E-state index is -0.805. The summed E-state index contributed by atoms with van der Waals surface area (Å²) in [6, 6.07) is 7.79. The van der Waals surface area contributed by atoms with Crippen LogP contribution in [0.2, 0.25) is 0 Å². The molecule has 0 aromatic heterocycles. The Morgan fingerprint density at radius 3 is 1.12 bits per heavy atom. The molecule has 9 nitrogen and oxygen atoms in total. The second-order valence-electron chi connectivity index (χ2n) is 10.4. The molecule has 0 unspecified atom stereocenters. The van der Waals surface area contributed by atoms with E-state index < -0.39 is 5.41 Å². The molecule has 0 amide bonds. The van der Waals surface area contributed by atoms with Crippen molar-refractivity contribution in [3.8, 4) is 28.4 Å². The Morgan fingerprint density at radius 2 is 0.805 bits per heavy atom. The summed E-state index contributed by atoms with van der Waals surface area (Å²) in [5, 5.41) is 33.9. The van der Waals surface area contributed by atoms with Gasteiger partial charge in [-0.05, 0) is 59.0 Å². The standard InChI is InChI=1S/C32H40O9/c1-32(22-8-18(12-36-2)29(33)19(9-22)13-37-3)25-10-20(14-38-4)30(34)23(16-40-6)27(25)28-24(17-41-7)31(35)21(15-39-5)11-26(28)32/h8-11,33-35H,12-17H2,1-7H3. The second-order valence-corrected chi connectivity index (χ2v) is 10.4. The van der Waals surface area contributed by atoms with Gasteiger partial charge in [0.15, 0.2) is 0 Å². The lowest BCUT2D eigenvalue weighted by Gasteiger charge is -2.31. The summed E-state index contributed by atoms with van der Waals surface area (Å²) in [6.07, 6.45) is 0. The van der Waals surface area contributed by atoms with Gasteiger partial charge >= 0.3 is 0 Å². The maximum atomic E-state index is 11.4. The molecule has 3 N–H and O–H groups in total. The SMILES string of the molecule is COCc1cc(C2(C)c3cc(COC)c(O)c(COC)c3-c3c2cc(COC)c(O)c3COC)cc(COC)c1O. The number of hydrogen-bond acceptors (Lipinski definition) is 9. The van der Waals surface area contributed by atoms with Gasteiger partial charge in [0, 0.05) is 81.5 Å². The van der Waals surface area contributed by atoms with E-state index >= 15 is 0 Å². The van der Waals surface area contributed by atoms with Crippen LogP contribution in [-0.4, -0.2) is 58.0 Å². The van der Waals surface area contributed by atoms with Gasteiger partial charge in [0.05, 0.1) is 39.6 Å². The van der Waals surface area contributed by atoms with Gasteiger partial charge in [-0.25, -0.2) is 0 Å². The zero-order valence-corrected chi connectivity index (χ0v) is 24.8. The lowest BCUT2D eigenvalue weighted by Crippen LogP contribution is -2.24. The first kappa shape index (κ1) is 30.8. The van der Waals surface area contributed by atoms with E-state index in [2.05, 4.69) is 6.92 Å². The Balaban J connectivity index is 2.22. The number of methoxy groups -OCH3 is 6. The van der Waals surface area contributed by atoms with Crippen LogP contribution in [0.15, 0.2) is 24.3 Å². The van der Waals surface area contributed by atoms with E-state index in [9.17, 15) is 15.3 Å². The van der Waals surface area contributed by atoms with Crippen LogP contribution in [0.4, 0.5) is 0 Å². The summed E-state index contributed by atoms with van der Waals surface area (Å²) in [5.74, 6) is 0.283. The molecule has 0 aliphatic heterocycles. The maximum absolute atomic E-state index is 11.4. The Morgan fingerprint density at radius 1 is 0.488 bits per heavy atom. The van der Waals surface area contributed by atoms with Crippen molar-refractivity contribution in [2.24, 2.45) is 0 Å².